The molecule has 170 valence electrons. The Labute approximate surface area is 191 Å². The monoisotopic (exact) mass is 471 g/mol. The number of azide groups is 1. The lowest BCUT2D eigenvalue weighted by Crippen LogP contribution is -2.49. The Kier molecular flexibility index (Phi) is 7.86. The predicted molar refractivity (Wildman–Crippen MR) is 119 cm³/mol. The molecule has 0 aliphatic heterocycles. The number of hydrogen-bond acceptors (Lipinski definition) is 9. The number of amides is 1. The van der Waals surface area contributed by atoms with E-state index in [1.54, 1.807) is 36.5 Å². The molecule has 3 rings (SSSR count). The van der Waals surface area contributed by atoms with Crippen molar-refractivity contribution in [3.63, 3.8) is 0 Å². The topological polar surface area (TPSA) is 180 Å². The summed E-state index contributed by atoms with van der Waals surface area (Å²) >= 11 is 6.38. The van der Waals surface area contributed by atoms with Gasteiger partial charge in [-0.2, -0.15) is 9.81 Å². The van der Waals surface area contributed by atoms with E-state index in [9.17, 15) is 14.6 Å². The number of nitrogens with two attached hydrogens (primary N) is 1. The van der Waals surface area contributed by atoms with Crippen LogP contribution in [0.2, 0.25) is 5.02 Å². The van der Waals surface area contributed by atoms with Crippen LogP contribution in [-0.4, -0.2) is 39.4 Å². The number of hydrazine groups is 1. The standard InChI is InChI=1S/C19H18ClN9O4/c20-17-12(7-24-27-21)3-1-4-13(17)11-33-16-5-2-6-28-15(10-23-18(16)28)19(30)29(22)14(8-25-31)9-26-32/h1-6,10,14H,7-9,11,22H2. The highest BCUT2D eigenvalue weighted by Gasteiger charge is 2.26. The minimum absolute atomic E-state index is 0.0918. The molecule has 0 radical (unpaired) electrons. The Hall–Kier alpha value is -4.06. The van der Waals surface area contributed by atoms with Gasteiger partial charge < -0.3 is 4.74 Å². The molecule has 0 fully saturated rings. The molecule has 2 N–H and O–H groups in total. The molecule has 0 aliphatic rings. The van der Waals surface area contributed by atoms with Crippen molar-refractivity contribution >= 4 is 23.2 Å². The molecule has 0 aliphatic carbocycles. The van der Waals surface area contributed by atoms with Crippen LogP contribution in [0.1, 0.15) is 21.6 Å². The van der Waals surface area contributed by atoms with Gasteiger partial charge in [0.15, 0.2) is 11.4 Å². The highest BCUT2D eigenvalue weighted by atomic mass is 35.5. The molecule has 2 heterocycles. The summed E-state index contributed by atoms with van der Waals surface area (Å²) in [5, 5.41) is 10.1. The third-order valence-electron chi connectivity index (χ3n) is 4.76. The number of nitrogens with zero attached hydrogens (tertiary/aromatic N) is 8. The van der Waals surface area contributed by atoms with E-state index in [4.69, 9.17) is 27.7 Å². The van der Waals surface area contributed by atoms with Gasteiger partial charge in [0.2, 0.25) is 0 Å². The van der Waals surface area contributed by atoms with Gasteiger partial charge in [-0.15, -0.1) is 0 Å². The van der Waals surface area contributed by atoms with Crippen molar-refractivity contribution in [2.24, 2.45) is 21.3 Å². The van der Waals surface area contributed by atoms with Crippen molar-refractivity contribution in [1.82, 2.24) is 14.4 Å². The molecule has 0 saturated carbocycles. The number of hydrogen-bond donors (Lipinski definition) is 1. The Morgan fingerprint density at radius 1 is 1.24 bits per heavy atom. The van der Waals surface area contributed by atoms with E-state index in [1.165, 1.54) is 10.6 Å². The third kappa shape index (κ3) is 5.23. The number of pyridine rings is 1. The number of benzene rings is 1. The molecule has 3 aromatic rings. The van der Waals surface area contributed by atoms with Crippen LogP contribution < -0.4 is 10.6 Å². The summed E-state index contributed by atoms with van der Waals surface area (Å²) in [6, 6.07) is 7.64. The Morgan fingerprint density at radius 2 is 1.97 bits per heavy atom. The molecule has 1 amide bonds. The van der Waals surface area contributed by atoms with Gasteiger partial charge in [0.25, 0.3) is 5.91 Å². The number of carbonyl (C=O) groups is 1. The summed E-state index contributed by atoms with van der Waals surface area (Å²) in [5.41, 5.74) is 10.3. The van der Waals surface area contributed by atoms with Crippen LogP contribution in [-0.2, 0) is 13.2 Å². The van der Waals surface area contributed by atoms with Gasteiger partial charge in [-0.1, -0.05) is 45.3 Å². The average Bonchev–Trinajstić information content (AvgIpc) is 3.26. The van der Waals surface area contributed by atoms with Crippen LogP contribution in [0.5, 0.6) is 5.75 Å². The highest BCUT2D eigenvalue weighted by molar-refractivity contribution is 6.32. The first-order chi connectivity index (χ1) is 16.0. The highest BCUT2D eigenvalue weighted by Crippen LogP contribution is 2.26. The molecule has 0 saturated heterocycles. The van der Waals surface area contributed by atoms with E-state index in [1.807, 2.05) is 0 Å². The van der Waals surface area contributed by atoms with Crippen LogP contribution in [0.25, 0.3) is 16.1 Å². The second kappa shape index (κ2) is 11.0. The summed E-state index contributed by atoms with van der Waals surface area (Å²) in [5.74, 6) is 5.52. The second-order valence-electron chi connectivity index (χ2n) is 6.77. The van der Waals surface area contributed by atoms with Crippen molar-refractivity contribution in [1.29, 1.82) is 0 Å². The number of aromatic nitrogens is 2. The Balaban J connectivity index is 1.84. The Morgan fingerprint density at radius 3 is 2.67 bits per heavy atom. The van der Waals surface area contributed by atoms with Gasteiger partial charge in [-0.25, -0.2) is 10.8 Å². The van der Waals surface area contributed by atoms with Gasteiger partial charge in [-0.05, 0) is 23.2 Å². The van der Waals surface area contributed by atoms with Crippen molar-refractivity contribution in [2.45, 2.75) is 19.2 Å². The fourth-order valence-corrected chi connectivity index (χ4v) is 3.33. The molecular formula is C19H18ClN9O4. The molecular weight excluding hydrogens is 454 g/mol. The zero-order valence-corrected chi connectivity index (χ0v) is 17.9. The lowest BCUT2D eigenvalue weighted by molar-refractivity contribution is 0.0682. The summed E-state index contributed by atoms with van der Waals surface area (Å²) in [6.45, 7) is -0.544. The number of halogens is 1. The van der Waals surface area contributed by atoms with Crippen LogP contribution >= 0.6 is 11.6 Å². The average molecular weight is 472 g/mol. The molecule has 0 unspecified atom stereocenters. The van der Waals surface area contributed by atoms with Gasteiger partial charge in [0.05, 0.1) is 23.8 Å². The largest absolute Gasteiger partial charge is 0.485 e. The zero-order valence-electron chi connectivity index (χ0n) is 17.1. The second-order valence-corrected chi connectivity index (χ2v) is 7.14. The number of nitroso groups, excluding NO2 is 2. The number of ether oxygens (including phenoxy) is 1. The maximum Gasteiger partial charge on any atom is 0.286 e. The molecule has 0 atom stereocenters. The number of imidazole rings is 1. The molecule has 0 bridgehead atoms. The number of rotatable bonds is 11. The third-order valence-corrected chi connectivity index (χ3v) is 5.25. The van der Waals surface area contributed by atoms with E-state index >= 15 is 0 Å². The maximum absolute atomic E-state index is 12.8. The summed E-state index contributed by atoms with van der Waals surface area (Å²) < 4.78 is 7.35. The number of carbonyl (C=O) groups excluding carboxylic acids is 1. The molecule has 33 heavy (non-hydrogen) atoms. The van der Waals surface area contributed by atoms with E-state index in [0.717, 1.165) is 5.01 Å². The fourth-order valence-electron chi connectivity index (χ4n) is 3.09. The lowest BCUT2D eigenvalue weighted by Gasteiger charge is -2.22. The van der Waals surface area contributed by atoms with Crippen LogP contribution in [0, 0.1) is 9.81 Å². The normalized spacial score (nSPS) is 10.6. The van der Waals surface area contributed by atoms with Gasteiger partial charge >= 0.3 is 0 Å². The summed E-state index contributed by atoms with van der Waals surface area (Å²) in [6.07, 6.45) is 2.90. The zero-order chi connectivity index (χ0) is 23.8. The summed E-state index contributed by atoms with van der Waals surface area (Å²) in [7, 11) is 0. The van der Waals surface area contributed by atoms with Gasteiger partial charge in [0, 0.05) is 16.7 Å². The smallest absolute Gasteiger partial charge is 0.286 e. The van der Waals surface area contributed by atoms with Crippen molar-refractivity contribution in [2.75, 3.05) is 13.1 Å². The fraction of sp³-hybridized carbons (Fsp3) is 0.263. The van der Waals surface area contributed by atoms with Crippen molar-refractivity contribution in [3.05, 3.63) is 84.8 Å². The predicted octanol–water partition coefficient (Wildman–Crippen LogP) is 3.59. The molecule has 2 aromatic heterocycles. The van der Waals surface area contributed by atoms with Crippen molar-refractivity contribution < 1.29 is 9.53 Å². The van der Waals surface area contributed by atoms with Crippen molar-refractivity contribution in [3.8, 4) is 5.75 Å². The first-order valence-electron chi connectivity index (χ1n) is 9.54. The van der Waals surface area contributed by atoms with E-state index in [-0.39, 0.29) is 31.9 Å². The molecule has 1 aromatic carbocycles. The quantitative estimate of drug-likeness (QED) is 0.0847. The molecule has 0 spiro atoms. The molecule has 13 nitrogen and oxygen atoms in total. The Bertz CT molecular complexity index is 1220. The molecule has 14 heteroatoms. The SMILES string of the molecule is [N-]=[N+]=NCc1cccc(COc2cccn3c(C(=O)N(N)C(CN=O)CN=O)cnc23)c1Cl. The van der Waals surface area contributed by atoms with Crippen LogP contribution in [0.15, 0.2) is 58.2 Å². The van der Waals surface area contributed by atoms with Crippen LogP contribution in [0.4, 0.5) is 0 Å². The summed E-state index contributed by atoms with van der Waals surface area (Å²) in [4.78, 5) is 41.0. The van der Waals surface area contributed by atoms with Gasteiger partial charge in [-0.3, -0.25) is 14.2 Å². The first-order valence-corrected chi connectivity index (χ1v) is 9.92. The van der Waals surface area contributed by atoms with E-state index in [0.29, 0.717) is 27.5 Å². The van der Waals surface area contributed by atoms with E-state index < -0.39 is 11.9 Å². The minimum Gasteiger partial charge on any atom is -0.485 e. The van der Waals surface area contributed by atoms with E-state index in [2.05, 4.69) is 25.4 Å². The first kappa shape index (κ1) is 23.6. The number of fused-ring (bicyclic) bond motifs is 1. The maximum atomic E-state index is 12.8. The van der Waals surface area contributed by atoms with Gasteiger partial charge in [0.1, 0.15) is 25.4 Å². The van der Waals surface area contributed by atoms with Crippen LogP contribution in [0.3, 0.4) is 0 Å². The lowest BCUT2D eigenvalue weighted by atomic mass is 10.1. The minimum atomic E-state index is -0.975.